The number of aromatic amines is 1. The summed E-state index contributed by atoms with van der Waals surface area (Å²) < 4.78 is 0. The predicted molar refractivity (Wildman–Crippen MR) is 44.0 cm³/mol. The third-order valence-corrected chi connectivity index (χ3v) is 2.46. The molecule has 0 bridgehead atoms. The summed E-state index contributed by atoms with van der Waals surface area (Å²) in [7, 11) is 0. The van der Waals surface area contributed by atoms with E-state index in [0.29, 0.717) is 0 Å². The lowest BCUT2D eigenvalue weighted by Crippen LogP contribution is -2.26. The van der Waals surface area contributed by atoms with Gasteiger partial charge in [0.05, 0.1) is 5.69 Å². The molecule has 11 heavy (non-hydrogen) atoms. The second-order valence-corrected chi connectivity index (χ2v) is 3.30. The van der Waals surface area contributed by atoms with E-state index in [-0.39, 0.29) is 5.56 Å². The zero-order valence-electron chi connectivity index (χ0n) is 6.18. The molecule has 0 aromatic carbocycles. The van der Waals surface area contributed by atoms with E-state index < -0.39 is 0 Å². The maximum atomic E-state index is 11.2. The first-order chi connectivity index (χ1) is 5.31. The Morgan fingerprint density at radius 2 is 2.36 bits per heavy atom. The van der Waals surface area contributed by atoms with Gasteiger partial charge in [0.25, 0.3) is 5.56 Å². The van der Waals surface area contributed by atoms with E-state index in [1.54, 1.807) is 0 Å². The number of nitrogens with zero attached hydrogens (tertiary/aromatic N) is 1. The first kappa shape index (κ1) is 6.91. The van der Waals surface area contributed by atoms with Gasteiger partial charge in [-0.2, -0.15) is 0 Å². The van der Waals surface area contributed by atoms with Crippen molar-refractivity contribution < 1.29 is 0 Å². The Balaban J connectivity index is 2.60. The van der Waals surface area contributed by atoms with E-state index in [2.05, 4.69) is 9.97 Å². The summed E-state index contributed by atoms with van der Waals surface area (Å²) in [5.41, 5.74) is 1.91. The molecule has 0 aliphatic heterocycles. The summed E-state index contributed by atoms with van der Waals surface area (Å²) in [5.74, 6) is 0. The van der Waals surface area contributed by atoms with Crippen LogP contribution >= 0.6 is 11.8 Å². The monoisotopic (exact) mass is 168 g/mol. The average molecular weight is 168 g/mol. The van der Waals surface area contributed by atoms with E-state index >= 15 is 0 Å². The average Bonchev–Trinajstić information content (AvgIpc) is 1.93. The van der Waals surface area contributed by atoms with Crippen molar-refractivity contribution in [2.24, 2.45) is 0 Å². The summed E-state index contributed by atoms with van der Waals surface area (Å²) in [6.45, 7) is 0. The molecule has 0 amide bonds. The smallest absolute Gasteiger partial charge is 0.254 e. The number of hydrogen-bond donors (Lipinski definition) is 1. The molecule has 0 saturated heterocycles. The van der Waals surface area contributed by atoms with E-state index in [1.165, 1.54) is 11.8 Å². The third-order valence-electron chi connectivity index (χ3n) is 1.88. The molecule has 0 atom stereocenters. The molecule has 1 heterocycles. The molecule has 4 heteroatoms. The summed E-state index contributed by atoms with van der Waals surface area (Å²) in [6, 6.07) is 0. The first-order valence-corrected chi connectivity index (χ1v) is 4.70. The number of thioether (sulfide) groups is 1. The molecule has 1 aliphatic carbocycles. The number of hydrogen-bond acceptors (Lipinski definition) is 3. The SMILES string of the molecule is CSc1nc2c(c(=O)[nH]1)CC2. The van der Waals surface area contributed by atoms with Crippen LogP contribution in [0.3, 0.4) is 0 Å². The van der Waals surface area contributed by atoms with Crippen molar-refractivity contribution in [3.8, 4) is 0 Å². The number of nitrogens with one attached hydrogen (secondary N) is 1. The molecule has 58 valence electrons. The van der Waals surface area contributed by atoms with E-state index in [9.17, 15) is 4.79 Å². The van der Waals surface area contributed by atoms with Gasteiger partial charge in [0.15, 0.2) is 5.16 Å². The Morgan fingerprint density at radius 1 is 1.55 bits per heavy atom. The minimum atomic E-state index is 0.0469. The standard InChI is InChI=1S/C7H8N2OS/c1-11-7-8-5-3-2-4(5)6(10)9-7/h2-3H2,1H3,(H,8,9,10). The van der Waals surface area contributed by atoms with Gasteiger partial charge in [-0.15, -0.1) is 0 Å². The number of fused-ring (bicyclic) bond motifs is 1. The molecule has 0 spiro atoms. The number of aromatic nitrogens is 2. The summed E-state index contributed by atoms with van der Waals surface area (Å²) >= 11 is 1.47. The molecule has 1 aliphatic rings. The normalized spacial score (nSPS) is 13.9. The lowest BCUT2D eigenvalue weighted by atomic mass is 9.96. The quantitative estimate of drug-likeness (QED) is 0.493. The van der Waals surface area contributed by atoms with Crippen molar-refractivity contribution >= 4 is 11.8 Å². The molecule has 1 aromatic rings. The van der Waals surface area contributed by atoms with Crippen LogP contribution in [0, 0.1) is 0 Å². The van der Waals surface area contributed by atoms with Crippen LogP contribution in [0.4, 0.5) is 0 Å². The largest absolute Gasteiger partial charge is 0.301 e. The van der Waals surface area contributed by atoms with Crippen molar-refractivity contribution in [2.75, 3.05) is 6.26 Å². The van der Waals surface area contributed by atoms with Gasteiger partial charge in [0.2, 0.25) is 0 Å². The van der Waals surface area contributed by atoms with Gasteiger partial charge >= 0.3 is 0 Å². The van der Waals surface area contributed by atoms with Crippen LogP contribution in [0.25, 0.3) is 0 Å². The summed E-state index contributed by atoms with van der Waals surface area (Å²) in [5, 5.41) is 0.730. The maximum Gasteiger partial charge on any atom is 0.254 e. The number of H-pyrrole nitrogens is 1. The lowest BCUT2D eigenvalue weighted by Gasteiger charge is -2.15. The molecule has 0 saturated carbocycles. The van der Waals surface area contributed by atoms with Gasteiger partial charge in [-0.25, -0.2) is 4.98 Å². The highest BCUT2D eigenvalue weighted by Crippen LogP contribution is 2.17. The zero-order chi connectivity index (χ0) is 7.84. The van der Waals surface area contributed by atoms with Crippen LogP contribution in [-0.4, -0.2) is 16.2 Å². The van der Waals surface area contributed by atoms with E-state index in [4.69, 9.17) is 0 Å². The molecule has 1 N–H and O–H groups in total. The van der Waals surface area contributed by atoms with Crippen LogP contribution in [0.5, 0.6) is 0 Å². The number of aryl methyl sites for hydroxylation is 1. The van der Waals surface area contributed by atoms with E-state index in [1.807, 2.05) is 6.26 Å². The van der Waals surface area contributed by atoms with Crippen LogP contribution in [-0.2, 0) is 12.8 Å². The van der Waals surface area contributed by atoms with Gasteiger partial charge in [0.1, 0.15) is 0 Å². The minimum Gasteiger partial charge on any atom is -0.301 e. The van der Waals surface area contributed by atoms with E-state index in [0.717, 1.165) is 29.3 Å². The first-order valence-electron chi connectivity index (χ1n) is 3.47. The minimum absolute atomic E-state index is 0.0469. The second kappa shape index (κ2) is 2.37. The van der Waals surface area contributed by atoms with Gasteiger partial charge in [0, 0.05) is 5.56 Å². The predicted octanol–water partition coefficient (Wildman–Crippen LogP) is 0.590. The highest BCUT2D eigenvalue weighted by atomic mass is 32.2. The van der Waals surface area contributed by atoms with Gasteiger partial charge in [-0.1, -0.05) is 11.8 Å². The Bertz CT molecular complexity index is 345. The van der Waals surface area contributed by atoms with Gasteiger partial charge in [-0.05, 0) is 19.1 Å². The van der Waals surface area contributed by atoms with Crippen LogP contribution in [0.1, 0.15) is 11.3 Å². The van der Waals surface area contributed by atoms with Crippen LogP contribution in [0.15, 0.2) is 9.95 Å². The highest BCUT2D eigenvalue weighted by Gasteiger charge is 2.18. The third kappa shape index (κ3) is 0.976. The maximum absolute atomic E-state index is 11.2. The van der Waals surface area contributed by atoms with Crippen molar-refractivity contribution in [3.63, 3.8) is 0 Å². The van der Waals surface area contributed by atoms with Gasteiger partial charge < -0.3 is 4.98 Å². The molecule has 1 aromatic heterocycles. The van der Waals surface area contributed by atoms with Crippen molar-refractivity contribution in [1.29, 1.82) is 0 Å². The fourth-order valence-electron chi connectivity index (χ4n) is 1.15. The lowest BCUT2D eigenvalue weighted by molar-refractivity contribution is 0.714. The highest BCUT2D eigenvalue weighted by molar-refractivity contribution is 7.98. The molecule has 0 unspecified atom stereocenters. The zero-order valence-corrected chi connectivity index (χ0v) is 6.99. The molecular weight excluding hydrogens is 160 g/mol. The molecule has 3 nitrogen and oxygen atoms in total. The second-order valence-electron chi connectivity index (χ2n) is 2.50. The fourth-order valence-corrected chi connectivity index (χ4v) is 1.55. The Kier molecular flexibility index (Phi) is 1.49. The van der Waals surface area contributed by atoms with Crippen LogP contribution in [0.2, 0.25) is 0 Å². The van der Waals surface area contributed by atoms with Crippen LogP contribution < -0.4 is 5.56 Å². The Morgan fingerprint density at radius 3 is 2.82 bits per heavy atom. The molecule has 0 radical (unpaired) electrons. The molecule has 2 rings (SSSR count). The summed E-state index contributed by atoms with van der Waals surface area (Å²) in [4.78, 5) is 18.1. The van der Waals surface area contributed by atoms with Crippen molar-refractivity contribution in [1.82, 2.24) is 9.97 Å². The van der Waals surface area contributed by atoms with Crippen molar-refractivity contribution in [3.05, 3.63) is 21.6 Å². The molecule has 0 fully saturated rings. The topological polar surface area (TPSA) is 45.8 Å². The van der Waals surface area contributed by atoms with Gasteiger partial charge in [-0.3, -0.25) is 4.79 Å². The fraction of sp³-hybridized carbons (Fsp3) is 0.429. The van der Waals surface area contributed by atoms with Crippen molar-refractivity contribution in [2.45, 2.75) is 18.0 Å². The molecular formula is C7H8N2OS. The Labute approximate surface area is 68.2 Å². The Hall–Kier alpha value is -0.770. The summed E-state index contributed by atoms with van der Waals surface area (Å²) in [6.07, 6.45) is 3.77. The number of rotatable bonds is 1.